The molecule has 0 radical (unpaired) electrons. The van der Waals surface area contributed by atoms with Gasteiger partial charge in [-0.25, -0.2) is 0 Å². The Morgan fingerprint density at radius 3 is 2.83 bits per heavy atom. The van der Waals surface area contributed by atoms with Crippen LogP contribution in [0.3, 0.4) is 0 Å². The molecule has 1 unspecified atom stereocenters. The molecule has 1 atom stereocenters. The lowest BCUT2D eigenvalue weighted by Gasteiger charge is -2.35. The number of thioether (sulfide) groups is 1. The van der Waals surface area contributed by atoms with Crippen LogP contribution in [-0.4, -0.2) is 69.0 Å². The number of aliphatic imine (C=N–C) groups is 1. The van der Waals surface area contributed by atoms with Gasteiger partial charge in [-0.1, -0.05) is 36.9 Å². The molecule has 2 aliphatic heterocycles. The van der Waals surface area contributed by atoms with Crippen molar-refractivity contribution in [2.24, 2.45) is 4.99 Å². The largest absolute Gasteiger partial charge is 0.348 e. The second-order valence-electron chi connectivity index (χ2n) is 6.32. The van der Waals surface area contributed by atoms with Gasteiger partial charge in [0.2, 0.25) is 5.91 Å². The first kappa shape index (κ1) is 15.5. The van der Waals surface area contributed by atoms with Crippen LogP contribution in [0.15, 0.2) is 29.3 Å². The fourth-order valence-corrected chi connectivity index (χ4v) is 4.18. The normalized spacial score (nSPS) is 21.4. The number of amides is 1. The quantitative estimate of drug-likeness (QED) is 0.902. The molecule has 1 amide bonds. The third kappa shape index (κ3) is 3.00. The van der Waals surface area contributed by atoms with Crippen LogP contribution in [0.1, 0.15) is 12.6 Å². The van der Waals surface area contributed by atoms with Gasteiger partial charge in [-0.2, -0.15) is 5.10 Å². The Morgan fingerprint density at radius 2 is 2.08 bits per heavy atom. The maximum atomic E-state index is 12.6. The van der Waals surface area contributed by atoms with Gasteiger partial charge < -0.3 is 9.80 Å². The Kier molecular flexibility index (Phi) is 4.18. The Labute approximate surface area is 145 Å². The van der Waals surface area contributed by atoms with Crippen LogP contribution in [0.25, 0.3) is 10.9 Å². The number of piperazine rings is 1. The first-order valence-electron chi connectivity index (χ1n) is 8.36. The SMILES string of the molecule is CC1CN=C(N2CCN(C(=O)Cc3[nH]nc4ccccc34)CC2)S1. The lowest BCUT2D eigenvalue weighted by atomic mass is 10.1. The van der Waals surface area contributed by atoms with Crippen molar-refractivity contribution in [3.8, 4) is 0 Å². The summed E-state index contributed by atoms with van der Waals surface area (Å²) in [5, 5.41) is 10.0. The minimum Gasteiger partial charge on any atom is -0.348 e. The monoisotopic (exact) mass is 343 g/mol. The average molecular weight is 343 g/mol. The number of rotatable bonds is 2. The number of carbonyl (C=O) groups excluding carboxylic acids is 1. The molecule has 126 valence electrons. The molecule has 24 heavy (non-hydrogen) atoms. The van der Waals surface area contributed by atoms with Gasteiger partial charge in [0.1, 0.15) is 0 Å². The molecule has 3 heterocycles. The molecule has 1 aromatic carbocycles. The molecule has 7 heteroatoms. The first-order valence-corrected chi connectivity index (χ1v) is 9.24. The van der Waals surface area contributed by atoms with Gasteiger partial charge in [-0.15, -0.1) is 0 Å². The van der Waals surface area contributed by atoms with Crippen LogP contribution in [0, 0.1) is 0 Å². The Bertz CT molecular complexity index is 778. The molecule has 0 bridgehead atoms. The average Bonchev–Trinajstić information content (AvgIpc) is 3.22. The molecule has 2 aromatic rings. The summed E-state index contributed by atoms with van der Waals surface area (Å²) in [5.41, 5.74) is 1.82. The zero-order chi connectivity index (χ0) is 16.5. The first-order chi connectivity index (χ1) is 11.7. The molecule has 6 nitrogen and oxygen atoms in total. The van der Waals surface area contributed by atoms with Crippen molar-refractivity contribution >= 4 is 33.7 Å². The molecule has 0 spiro atoms. The van der Waals surface area contributed by atoms with Crippen LogP contribution >= 0.6 is 11.8 Å². The number of para-hydroxylation sites is 1. The second kappa shape index (κ2) is 6.47. The lowest BCUT2D eigenvalue weighted by Crippen LogP contribution is -2.50. The molecule has 1 fully saturated rings. The molecule has 0 aliphatic carbocycles. The predicted molar refractivity (Wildman–Crippen MR) is 97.3 cm³/mol. The fraction of sp³-hybridized carbons (Fsp3) is 0.471. The summed E-state index contributed by atoms with van der Waals surface area (Å²) in [6, 6.07) is 7.90. The fourth-order valence-electron chi connectivity index (χ4n) is 3.19. The van der Waals surface area contributed by atoms with Gasteiger partial charge in [0.05, 0.1) is 24.2 Å². The summed E-state index contributed by atoms with van der Waals surface area (Å²) in [7, 11) is 0. The molecular weight excluding hydrogens is 322 g/mol. The second-order valence-corrected chi connectivity index (χ2v) is 7.72. The number of benzene rings is 1. The summed E-state index contributed by atoms with van der Waals surface area (Å²) in [6.07, 6.45) is 0.382. The topological polar surface area (TPSA) is 64.6 Å². The maximum Gasteiger partial charge on any atom is 0.228 e. The number of hydrogen-bond donors (Lipinski definition) is 1. The number of aromatic amines is 1. The van der Waals surface area contributed by atoms with Crippen molar-refractivity contribution in [3.05, 3.63) is 30.0 Å². The van der Waals surface area contributed by atoms with E-state index in [9.17, 15) is 4.79 Å². The van der Waals surface area contributed by atoms with Crippen LogP contribution in [0.5, 0.6) is 0 Å². The Hall–Kier alpha value is -2.02. The lowest BCUT2D eigenvalue weighted by molar-refractivity contribution is -0.131. The Balaban J connectivity index is 1.36. The highest BCUT2D eigenvalue weighted by molar-refractivity contribution is 8.14. The van der Waals surface area contributed by atoms with Crippen LogP contribution in [0.2, 0.25) is 0 Å². The number of nitrogens with zero attached hydrogens (tertiary/aromatic N) is 4. The van der Waals surface area contributed by atoms with E-state index in [0.717, 1.165) is 54.5 Å². The van der Waals surface area contributed by atoms with Crippen molar-refractivity contribution in [3.63, 3.8) is 0 Å². The van der Waals surface area contributed by atoms with Gasteiger partial charge in [0.25, 0.3) is 0 Å². The predicted octanol–water partition coefficient (Wildman–Crippen LogP) is 1.74. The Morgan fingerprint density at radius 1 is 1.29 bits per heavy atom. The summed E-state index contributed by atoms with van der Waals surface area (Å²) in [5.74, 6) is 0.165. The van der Waals surface area contributed by atoms with E-state index in [1.807, 2.05) is 40.9 Å². The zero-order valence-corrected chi connectivity index (χ0v) is 14.6. The number of H-pyrrole nitrogens is 1. The van der Waals surface area contributed by atoms with Crippen molar-refractivity contribution < 1.29 is 4.79 Å². The molecular formula is C17H21N5OS. The zero-order valence-electron chi connectivity index (χ0n) is 13.7. The third-order valence-corrected chi connectivity index (χ3v) is 5.71. The van der Waals surface area contributed by atoms with Crippen molar-refractivity contribution in [1.82, 2.24) is 20.0 Å². The number of hydrogen-bond acceptors (Lipinski definition) is 5. The van der Waals surface area contributed by atoms with Crippen molar-refractivity contribution in [2.45, 2.75) is 18.6 Å². The highest BCUT2D eigenvalue weighted by Gasteiger charge is 2.26. The van der Waals surface area contributed by atoms with E-state index in [1.54, 1.807) is 0 Å². The van der Waals surface area contributed by atoms with Crippen LogP contribution in [-0.2, 0) is 11.2 Å². The number of fused-ring (bicyclic) bond motifs is 1. The van der Waals surface area contributed by atoms with Gasteiger partial charge in [-0.05, 0) is 6.07 Å². The molecule has 0 saturated carbocycles. The number of nitrogens with one attached hydrogen (secondary N) is 1. The van der Waals surface area contributed by atoms with Crippen LogP contribution in [0.4, 0.5) is 0 Å². The number of amidine groups is 1. The molecule has 4 rings (SSSR count). The number of aromatic nitrogens is 2. The van der Waals surface area contributed by atoms with E-state index in [1.165, 1.54) is 0 Å². The van der Waals surface area contributed by atoms with E-state index in [4.69, 9.17) is 0 Å². The summed E-state index contributed by atoms with van der Waals surface area (Å²) in [4.78, 5) is 21.5. The molecule has 1 N–H and O–H groups in total. The van der Waals surface area contributed by atoms with Gasteiger partial charge in [0, 0.05) is 36.8 Å². The molecule has 1 aromatic heterocycles. The molecule has 2 aliphatic rings. The van der Waals surface area contributed by atoms with Gasteiger partial charge in [0.15, 0.2) is 5.17 Å². The minimum absolute atomic E-state index is 0.165. The smallest absolute Gasteiger partial charge is 0.228 e. The van der Waals surface area contributed by atoms with Gasteiger partial charge >= 0.3 is 0 Å². The van der Waals surface area contributed by atoms with E-state index in [-0.39, 0.29) is 5.91 Å². The van der Waals surface area contributed by atoms with Gasteiger partial charge in [-0.3, -0.25) is 14.9 Å². The maximum absolute atomic E-state index is 12.6. The van der Waals surface area contributed by atoms with Crippen molar-refractivity contribution in [2.75, 3.05) is 32.7 Å². The highest BCUT2D eigenvalue weighted by atomic mass is 32.2. The number of carbonyl (C=O) groups is 1. The van der Waals surface area contributed by atoms with E-state index in [0.29, 0.717) is 11.7 Å². The van der Waals surface area contributed by atoms with E-state index >= 15 is 0 Å². The standard InChI is InChI=1S/C17H21N5OS/c1-12-11-18-17(24-12)22-8-6-21(7-9-22)16(23)10-15-13-4-2-3-5-14(13)19-20-15/h2-5,12H,6-11H2,1H3,(H,19,20). The highest BCUT2D eigenvalue weighted by Crippen LogP contribution is 2.24. The molecule has 1 saturated heterocycles. The van der Waals surface area contributed by atoms with Crippen LogP contribution < -0.4 is 0 Å². The van der Waals surface area contributed by atoms with E-state index < -0.39 is 0 Å². The van der Waals surface area contributed by atoms with E-state index in [2.05, 4.69) is 27.0 Å². The minimum atomic E-state index is 0.165. The van der Waals surface area contributed by atoms with Crippen molar-refractivity contribution in [1.29, 1.82) is 0 Å². The summed E-state index contributed by atoms with van der Waals surface area (Å²) in [6.45, 7) is 6.38. The summed E-state index contributed by atoms with van der Waals surface area (Å²) >= 11 is 1.85. The summed E-state index contributed by atoms with van der Waals surface area (Å²) < 4.78 is 0. The third-order valence-electron chi connectivity index (χ3n) is 4.56.